The Hall–Kier alpha value is -2.63. The van der Waals surface area contributed by atoms with Crippen molar-refractivity contribution in [2.75, 3.05) is 11.1 Å². The Labute approximate surface area is 110 Å². The zero-order valence-corrected chi connectivity index (χ0v) is 10.4. The number of carboxylic acids is 1. The molecule has 4 N–H and O–H groups in total. The quantitative estimate of drug-likeness (QED) is 0.772. The Morgan fingerprint density at radius 1 is 1.47 bits per heavy atom. The number of nitrogen functional groups attached to an aromatic ring is 1. The van der Waals surface area contributed by atoms with Crippen molar-refractivity contribution in [1.82, 2.24) is 9.97 Å². The molecule has 0 unspecified atom stereocenters. The number of nitrogens with one attached hydrogen (secondary N) is 1. The lowest BCUT2D eigenvalue weighted by Crippen LogP contribution is -2.02. The maximum absolute atomic E-state index is 10.7. The van der Waals surface area contributed by atoms with Crippen molar-refractivity contribution in [2.45, 2.75) is 13.3 Å². The van der Waals surface area contributed by atoms with Crippen LogP contribution in [0.25, 0.3) is 0 Å². The standard InChI is InChI=1S/C13H14N4O2/c1-8-11(7-15-13(14)16-8)17-10-4-2-3-9(5-10)6-12(18)19/h2-5,7,17H,6H2,1H3,(H,18,19)(H2,14,15,16). The highest BCUT2D eigenvalue weighted by Gasteiger charge is 2.04. The van der Waals surface area contributed by atoms with Crippen LogP contribution in [0.4, 0.5) is 17.3 Å². The molecule has 0 aliphatic heterocycles. The lowest BCUT2D eigenvalue weighted by atomic mass is 10.1. The van der Waals surface area contributed by atoms with E-state index in [1.54, 1.807) is 24.4 Å². The van der Waals surface area contributed by atoms with Crippen LogP contribution in [0.1, 0.15) is 11.3 Å². The van der Waals surface area contributed by atoms with E-state index in [4.69, 9.17) is 10.8 Å². The molecule has 2 rings (SSSR count). The fraction of sp³-hybridized carbons (Fsp3) is 0.154. The number of rotatable bonds is 4. The van der Waals surface area contributed by atoms with Crippen LogP contribution in [0.5, 0.6) is 0 Å². The van der Waals surface area contributed by atoms with Gasteiger partial charge in [0.1, 0.15) is 0 Å². The minimum atomic E-state index is -0.857. The van der Waals surface area contributed by atoms with Gasteiger partial charge in [0, 0.05) is 5.69 Å². The van der Waals surface area contributed by atoms with E-state index >= 15 is 0 Å². The molecule has 0 amide bonds. The van der Waals surface area contributed by atoms with E-state index in [0.717, 1.165) is 22.6 Å². The molecule has 0 fully saturated rings. The van der Waals surface area contributed by atoms with Gasteiger partial charge in [-0.25, -0.2) is 9.97 Å². The summed E-state index contributed by atoms with van der Waals surface area (Å²) in [5, 5.41) is 11.9. The van der Waals surface area contributed by atoms with E-state index < -0.39 is 5.97 Å². The monoisotopic (exact) mass is 258 g/mol. The van der Waals surface area contributed by atoms with Crippen LogP contribution in [0.3, 0.4) is 0 Å². The molecule has 6 heteroatoms. The van der Waals surface area contributed by atoms with Crippen LogP contribution in [-0.4, -0.2) is 21.0 Å². The van der Waals surface area contributed by atoms with Crippen molar-refractivity contribution in [3.63, 3.8) is 0 Å². The van der Waals surface area contributed by atoms with Crippen LogP contribution < -0.4 is 11.1 Å². The predicted octanol–water partition coefficient (Wildman–Crippen LogP) is 1.74. The number of aromatic nitrogens is 2. The third-order valence-corrected chi connectivity index (χ3v) is 2.56. The molecular weight excluding hydrogens is 244 g/mol. The number of aliphatic carboxylic acids is 1. The number of anilines is 3. The summed E-state index contributed by atoms with van der Waals surface area (Å²) in [5.74, 6) is -0.633. The van der Waals surface area contributed by atoms with Gasteiger partial charge in [0.15, 0.2) is 0 Å². The first-order chi connectivity index (χ1) is 9.04. The summed E-state index contributed by atoms with van der Waals surface area (Å²) in [5.41, 5.74) is 8.47. The Balaban J connectivity index is 2.21. The van der Waals surface area contributed by atoms with Crippen molar-refractivity contribution >= 4 is 23.3 Å². The van der Waals surface area contributed by atoms with Crippen molar-refractivity contribution < 1.29 is 9.90 Å². The molecule has 0 spiro atoms. The zero-order valence-electron chi connectivity index (χ0n) is 10.4. The molecule has 1 heterocycles. The van der Waals surface area contributed by atoms with Crippen LogP contribution in [-0.2, 0) is 11.2 Å². The molecule has 2 aromatic rings. The van der Waals surface area contributed by atoms with Gasteiger partial charge in [0.25, 0.3) is 0 Å². The highest BCUT2D eigenvalue weighted by Crippen LogP contribution is 2.20. The fourth-order valence-electron chi connectivity index (χ4n) is 1.70. The van der Waals surface area contributed by atoms with Crippen molar-refractivity contribution in [3.05, 3.63) is 41.7 Å². The number of benzene rings is 1. The maximum Gasteiger partial charge on any atom is 0.307 e. The van der Waals surface area contributed by atoms with Gasteiger partial charge in [-0.2, -0.15) is 0 Å². The second-order valence-electron chi connectivity index (χ2n) is 4.12. The molecule has 19 heavy (non-hydrogen) atoms. The molecular formula is C13H14N4O2. The van der Waals surface area contributed by atoms with E-state index in [-0.39, 0.29) is 12.4 Å². The van der Waals surface area contributed by atoms with Gasteiger partial charge in [-0.3, -0.25) is 4.79 Å². The maximum atomic E-state index is 10.7. The molecule has 0 aliphatic rings. The summed E-state index contributed by atoms with van der Waals surface area (Å²) in [6.07, 6.45) is 1.59. The molecule has 1 aromatic carbocycles. The first kappa shape index (κ1) is 12.8. The molecule has 0 saturated carbocycles. The van der Waals surface area contributed by atoms with Gasteiger partial charge in [-0.1, -0.05) is 12.1 Å². The van der Waals surface area contributed by atoms with Crippen LogP contribution >= 0.6 is 0 Å². The van der Waals surface area contributed by atoms with E-state index in [9.17, 15) is 4.79 Å². The Bertz CT molecular complexity index is 613. The molecule has 0 saturated heterocycles. The number of nitrogens with zero attached hydrogens (tertiary/aromatic N) is 2. The van der Waals surface area contributed by atoms with Crippen molar-refractivity contribution in [2.24, 2.45) is 0 Å². The Morgan fingerprint density at radius 2 is 2.26 bits per heavy atom. The van der Waals surface area contributed by atoms with Gasteiger partial charge >= 0.3 is 5.97 Å². The number of hydrogen-bond donors (Lipinski definition) is 3. The molecule has 0 bridgehead atoms. The lowest BCUT2D eigenvalue weighted by Gasteiger charge is -2.09. The van der Waals surface area contributed by atoms with Gasteiger partial charge < -0.3 is 16.2 Å². The van der Waals surface area contributed by atoms with E-state index in [0.29, 0.717) is 0 Å². The Morgan fingerprint density at radius 3 is 2.95 bits per heavy atom. The normalized spacial score (nSPS) is 10.2. The largest absolute Gasteiger partial charge is 0.481 e. The highest BCUT2D eigenvalue weighted by molar-refractivity contribution is 5.71. The molecule has 0 atom stereocenters. The molecule has 0 aliphatic carbocycles. The van der Waals surface area contributed by atoms with Gasteiger partial charge in [0.2, 0.25) is 5.95 Å². The zero-order chi connectivity index (χ0) is 13.8. The van der Waals surface area contributed by atoms with Crippen molar-refractivity contribution in [3.8, 4) is 0 Å². The second kappa shape index (κ2) is 5.34. The number of nitrogens with two attached hydrogens (primary N) is 1. The Kier molecular flexibility index (Phi) is 3.61. The molecule has 98 valence electrons. The first-order valence-corrected chi connectivity index (χ1v) is 5.71. The van der Waals surface area contributed by atoms with Crippen LogP contribution in [0.2, 0.25) is 0 Å². The van der Waals surface area contributed by atoms with E-state index in [1.807, 2.05) is 13.0 Å². The summed E-state index contributed by atoms with van der Waals surface area (Å²) in [4.78, 5) is 18.6. The fourth-order valence-corrected chi connectivity index (χ4v) is 1.70. The van der Waals surface area contributed by atoms with Crippen LogP contribution in [0, 0.1) is 6.92 Å². The lowest BCUT2D eigenvalue weighted by molar-refractivity contribution is -0.136. The summed E-state index contributed by atoms with van der Waals surface area (Å²) < 4.78 is 0. The number of aryl methyl sites for hydroxylation is 1. The third kappa shape index (κ3) is 3.41. The minimum Gasteiger partial charge on any atom is -0.481 e. The second-order valence-corrected chi connectivity index (χ2v) is 4.12. The summed E-state index contributed by atoms with van der Waals surface area (Å²) in [7, 11) is 0. The third-order valence-electron chi connectivity index (χ3n) is 2.56. The molecule has 6 nitrogen and oxygen atoms in total. The smallest absolute Gasteiger partial charge is 0.307 e. The molecule has 1 aromatic heterocycles. The topological polar surface area (TPSA) is 101 Å². The average molecular weight is 258 g/mol. The number of carboxylic acid groups (broad SMARTS) is 1. The summed E-state index contributed by atoms with van der Waals surface area (Å²) in [6.45, 7) is 1.82. The minimum absolute atomic E-state index is 0.00720. The SMILES string of the molecule is Cc1nc(N)ncc1Nc1cccc(CC(=O)O)c1. The number of carbonyl (C=O) groups is 1. The van der Waals surface area contributed by atoms with Gasteiger partial charge in [-0.05, 0) is 24.6 Å². The van der Waals surface area contributed by atoms with E-state index in [1.165, 1.54) is 0 Å². The summed E-state index contributed by atoms with van der Waals surface area (Å²) in [6, 6.07) is 7.20. The number of hydrogen-bond acceptors (Lipinski definition) is 5. The average Bonchev–Trinajstić information content (AvgIpc) is 2.32. The highest BCUT2D eigenvalue weighted by atomic mass is 16.4. The van der Waals surface area contributed by atoms with Gasteiger partial charge in [-0.15, -0.1) is 0 Å². The predicted molar refractivity (Wildman–Crippen MR) is 72.2 cm³/mol. The molecule has 0 radical (unpaired) electrons. The van der Waals surface area contributed by atoms with Gasteiger partial charge in [0.05, 0.1) is 24.0 Å². The first-order valence-electron chi connectivity index (χ1n) is 5.71. The summed E-state index contributed by atoms with van der Waals surface area (Å²) >= 11 is 0. The van der Waals surface area contributed by atoms with E-state index in [2.05, 4.69) is 15.3 Å². The van der Waals surface area contributed by atoms with Crippen molar-refractivity contribution in [1.29, 1.82) is 0 Å². The van der Waals surface area contributed by atoms with Crippen LogP contribution in [0.15, 0.2) is 30.5 Å².